The molecule has 0 N–H and O–H groups in total. The third-order valence-corrected chi connectivity index (χ3v) is 8.37. The van der Waals surface area contributed by atoms with Crippen molar-refractivity contribution in [3.8, 4) is 16.8 Å². The van der Waals surface area contributed by atoms with E-state index in [1.165, 1.54) is 10.5 Å². The van der Waals surface area contributed by atoms with E-state index in [1.54, 1.807) is 18.2 Å². The molecule has 1 aliphatic rings. The zero-order chi connectivity index (χ0) is 26.9. The van der Waals surface area contributed by atoms with Crippen molar-refractivity contribution in [2.45, 2.75) is 12.7 Å². The van der Waals surface area contributed by atoms with Gasteiger partial charge in [0.15, 0.2) is 0 Å². The van der Waals surface area contributed by atoms with Gasteiger partial charge in [-0.05, 0) is 30.2 Å². The second-order valence-electron chi connectivity index (χ2n) is 9.25. The first-order chi connectivity index (χ1) is 18.2. The van der Waals surface area contributed by atoms with Crippen LogP contribution >= 0.6 is 0 Å². The molecule has 5 rings (SSSR count). The van der Waals surface area contributed by atoms with Crippen LogP contribution in [0.4, 0.5) is 14.5 Å². The van der Waals surface area contributed by atoms with Crippen LogP contribution in [-0.4, -0.2) is 48.7 Å². The highest BCUT2D eigenvalue weighted by atomic mass is 32.2. The lowest BCUT2D eigenvalue weighted by atomic mass is 10.0. The number of benzene rings is 3. The summed E-state index contributed by atoms with van der Waals surface area (Å²) in [5.41, 5.74) is 2.60. The normalized spacial score (nSPS) is 14.6. The van der Waals surface area contributed by atoms with Crippen molar-refractivity contribution in [2.24, 2.45) is 0 Å². The SMILES string of the molecule is Cc1cccc(-c2c(N3CCN(S(=O)(=O)Cc4ccccc4)CC3)cnn(-c3cc(F)cc(F)c3)c2=O)c1. The number of nitrogens with zero attached hydrogens (tertiary/aromatic N) is 4. The van der Waals surface area contributed by atoms with E-state index in [9.17, 15) is 22.0 Å². The van der Waals surface area contributed by atoms with Gasteiger partial charge in [0.05, 0.1) is 28.9 Å². The molecule has 7 nitrogen and oxygen atoms in total. The Bertz CT molecular complexity index is 1610. The Balaban J connectivity index is 1.48. The molecule has 3 aromatic carbocycles. The van der Waals surface area contributed by atoms with Crippen LogP contribution in [-0.2, 0) is 15.8 Å². The summed E-state index contributed by atoms with van der Waals surface area (Å²) in [5, 5.41) is 4.24. The summed E-state index contributed by atoms with van der Waals surface area (Å²) in [6.07, 6.45) is 1.50. The van der Waals surface area contributed by atoms with E-state index < -0.39 is 27.2 Å². The molecule has 38 heavy (non-hydrogen) atoms. The van der Waals surface area contributed by atoms with Crippen LogP contribution in [0.25, 0.3) is 16.8 Å². The smallest absolute Gasteiger partial charge is 0.281 e. The fourth-order valence-corrected chi connectivity index (χ4v) is 6.20. The summed E-state index contributed by atoms with van der Waals surface area (Å²) in [4.78, 5) is 15.6. The minimum atomic E-state index is -3.51. The maximum Gasteiger partial charge on any atom is 0.281 e. The molecule has 0 unspecified atom stereocenters. The Morgan fingerprint density at radius 2 is 1.55 bits per heavy atom. The predicted molar refractivity (Wildman–Crippen MR) is 143 cm³/mol. The first-order valence-electron chi connectivity index (χ1n) is 12.1. The zero-order valence-electron chi connectivity index (χ0n) is 20.7. The molecule has 0 spiro atoms. The number of aromatic nitrogens is 2. The van der Waals surface area contributed by atoms with Crippen LogP contribution in [0.5, 0.6) is 0 Å². The lowest BCUT2D eigenvalue weighted by molar-refractivity contribution is 0.384. The molecule has 2 heterocycles. The summed E-state index contributed by atoms with van der Waals surface area (Å²) in [6, 6.07) is 19.2. The van der Waals surface area contributed by atoms with Crippen LogP contribution in [0, 0.1) is 18.6 Å². The lowest BCUT2D eigenvalue weighted by Gasteiger charge is -2.36. The van der Waals surface area contributed by atoms with Crippen molar-refractivity contribution < 1.29 is 17.2 Å². The van der Waals surface area contributed by atoms with Crippen LogP contribution in [0.3, 0.4) is 0 Å². The number of sulfonamides is 1. The third kappa shape index (κ3) is 5.36. The number of anilines is 1. The van der Waals surface area contributed by atoms with Gasteiger partial charge in [-0.2, -0.15) is 14.1 Å². The van der Waals surface area contributed by atoms with Crippen molar-refractivity contribution in [3.63, 3.8) is 0 Å². The minimum absolute atomic E-state index is 0.0234. The second-order valence-corrected chi connectivity index (χ2v) is 11.2. The molecule has 0 aliphatic carbocycles. The topological polar surface area (TPSA) is 75.5 Å². The highest BCUT2D eigenvalue weighted by Crippen LogP contribution is 2.29. The standard InChI is InChI=1S/C28H26F2N4O3S/c1-20-6-5-9-22(14-20)27-26(18-31-34(28(27)35)25-16-23(29)15-24(30)17-25)32-10-12-33(13-11-32)38(36,37)19-21-7-3-2-4-8-21/h2-9,14-18H,10-13,19H2,1H3. The lowest BCUT2D eigenvalue weighted by Crippen LogP contribution is -2.49. The molecule has 10 heteroatoms. The first kappa shape index (κ1) is 25.7. The molecule has 1 aromatic heterocycles. The number of hydrogen-bond donors (Lipinski definition) is 0. The zero-order valence-corrected chi connectivity index (χ0v) is 21.5. The van der Waals surface area contributed by atoms with Crippen molar-refractivity contribution in [3.05, 3.63) is 112 Å². The number of piperazine rings is 1. The average molecular weight is 537 g/mol. The molecule has 4 aromatic rings. The minimum Gasteiger partial charge on any atom is -0.367 e. The Morgan fingerprint density at radius 1 is 0.868 bits per heavy atom. The van der Waals surface area contributed by atoms with Gasteiger partial charge in [0, 0.05) is 32.2 Å². The summed E-state index contributed by atoms with van der Waals surface area (Å²) in [5.74, 6) is -1.71. The molecule has 0 bridgehead atoms. The highest BCUT2D eigenvalue weighted by Gasteiger charge is 2.29. The van der Waals surface area contributed by atoms with E-state index in [0.29, 0.717) is 29.9 Å². The molecule has 1 fully saturated rings. The monoisotopic (exact) mass is 536 g/mol. The van der Waals surface area contributed by atoms with E-state index in [0.717, 1.165) is 34.0 Å². The van der Waals surface area contributed by atoms with Gasteiger partial charge in [0.1, 0.15) is 11.6 Å². The summed E-state index contributed by atoms with van der Waals surface area (Å²) < 4.78 is 56.3. The number of rotatable bonds is 6. The van der Waals surface area contributed by atoms with Crippen molar-refractivity contribution >= 4 is 15.7 Å². The molecule has 0 saturated carbocycles. The maximum absolute atomic E-state index is 13.9. The van der Waals surface area contributed by atoms with Crippen LogP contribution in [0.15, 0.2) is 83.8 Å². The molecular weight excluding hydrogens is 510 g/mol. The molecule has 1 aliphatic heterocycles. The molecule has 0 atom stereocenters. The number of aryl methyl sites for hydroxylation is 1. The number of hydrogen-bond acceptors (Lipinski definition) is 5. The fraction of sp³-hybridized carbons (Fsp3) is 0.214. The summed E-state index contributed by atoms with van der Waals surface area (Å²) in [7, 11) is -3.51. The molecule has 0 radical (unpaired) electrons. The van der Waals surface area contributed by atoms with E-state index in [2.05, 4.69) is 5.10 Å². The van der Waals surface area contributed by atoms with Gasteiger partial charge in [-0.25, -0.2) is 17.2 Å². The molecule has 196 valence electrons. The number of halogens is 2. The van der Waals surface area contributed by atoms with Crippen LogP contribution in [0.1, 0.15) is 11.1 Å². The average Bonchev–Trinajstić information content (AvgIpc) is 2.88. The Labute approximate surface area is 219 Å². The van der Waals surface area contributed by atoms with Gasteiger partial charge < -0.3 is 4.90 Å². The van der Waals surface area contributed by atoms with E-state index >= 15 is 0 Å². The van der Waals surface area contributed by atoms with Gasteiger partial charge in [0.2, 0.25) is 10.0 Å². The van der Waals surface area contributed by atoms with Crippen molar-refractivity contribution in [1.82, 2.24) is 14.1 Å². The first-order valence-corrected chi connectivity index (χ1v) is 13.7. The Kier molecular flexibility index (Phi) is 7.09. The van der Waals surface area contributed by atoms with Gasteiger partial charge in [0.25, 0.3) is 5.56 Å². The van der Waals surface area contributed by atoms with Crippen molar-refractivity contribution in [1.29, 1.82) is 0 Å². The van der Waals surface area contributed by atoms with Gasteiger partial charge in [-0.15, -0.1) is 0 Å². The maximum atomic E-state index is 13.9. The molecular formula is C28H26F2N4O3S. The van der Waals surface area contributed by atoms with E-state index in [1.807, 2.05) is 48.2 Å². The largest absolute Gasteiger partial charge is 0.367 e. The second kappa shape index (κ2) is 10.5. The van der Waals surface area contributed by atoms with Crippen molar-refractivity contribution in [2.75, 3.05) is 31.1 Å². The van der Waals surface area contributed by atoms with Crippen LogP contribution < -0.4 is 10.5 Å². The molecule has 0 amide bonds. The Morgan fingerprint density at radius 3 is 2.21 bits per heavy atom. The quantitative estimate of drug-likeness (QED) is 0.370. The van der Waals surface area contributed by atoms with E-state index in [4.69, 9.17) is 0 Å². The van der Waals surface area contributed by atoms with Gasteiger partial charge >= 0.3 is 0 Å². The van der Waals surface area contributed by atoms with E-state index in [-0.39, 0.29) is 24.5 Å². The third-order valence-electron chi connectivity index (χ3n) is 6.52. The highest BCUT2D eigenvalue weighted by molar-refractivity contribution is 7.88. The predicted octanol–water partition coefficient (Wildman–Crippen LogP) is 4.14. The van der Waals surface area contributed by atoms with Gasteiger partial charge in [-0.1, -0.05) is 60.2 Å². The Hall–Kier alpha value is -3.89. The summed E-state index contributed by atoms with van der Waals surface area (Å²) >= 11 is 0. The van der Waals surface area contributed by atoms with Crippen LogP contribution in [0.2, 0.25) is 0 Å². The molecule has 1 saturated heterocycles. The fourth-order valence-electron chi connectivity index (χ4n) is 4.69. The summed E-state index contributed by atoms with van der Waals surface area (Å²) in [6.45, 7) is 3.11. The van der Waals surface area contributed by atoms with Gasteiger partial charge in [-0.3, -0.25) is 4.79 Å².